The summed E-state index contributed by atoms with van der Waals surface area (Å²) in [6, 6.07) is 6.17. The van der Waals surface area contributed by atoms with Crippen LogP contribution in [0, 0.1) is 6.92 Å². The van der Waals surface area contributed by atoms with Gasteiger partial charge >= 0.3 is 0 Å². The number of likely N-dealkylation sites (N-methyl/N-ethyl adjacent to an activating group) is 1. The summed E-state index contributed by atoms with van der Waals surface area (Å²) in [5.41, 5.74) is 2.35. The molecule has 0 radical (unpaired) electrons. The average molecular weight is 391 g/mol. The van der Waals surface area contributed by atoms with E-state index in [1.54, 1.807) is 26.1 Å². The van der Waals surface area contributed by atoms with Crippen LogP contribution in [-0.4, -0.2) is 70.3 Å². The van der Waals surface area contributed by atoms with Crippen molar-refractivity contribution in [2.45, 2.75) is 38.7 Å². The molecular formula is C21H34N4O3. The molecule has 1 amide bonds. The highest BCUT2D eigenvalue weighted by atomic mass is 16.5. The molecule has 0 bridgehead atoms. The summed E-state index contributed by atoms with van der Waals surface area (Å²) >= 11 is 0. The van der Waals surface area contributed by atoms with Crippen molar-refractivity contribution in [3.05, 3.63) is 29.3 Å². The first kappa shape index (κ1) is 22.0. The molecule has 1 heterocycles. The first-order chi connectivity index (χ1) is 13.5. The fourth-order valence-corrected chi connectivity index (χ4v) is 3.06. The van der Waals surface area contributed by atoms with Gasteiger partial charge in [0.2, 0.25) is 5.91 Å². The predicted molar refractivity (Wildman–Crippen MR) is 112 cm³/mol. The lowest BCUT2D eigenvalue weighted by molar-refractivity contribution is -0.127. The maximum atomic E-state index is 11.9. The van der Waals surface area contributed by atoms with Gasteiger partial charge in [0.05, 0.1) is 13.2 Å². The quantitative estimate of drug-likeness (QED) is 0.522. The van der Waals surface area contributed by atoms with Crippen LogP contribution in [0.3, 0.4) is 0 Å². The second-order valence-electron chi connectivity index (χ2n) is 7.31. The molecule has 1 unspecified atom stereocenters. The van der Waals surface area contributed by atoms with Gasteiger partial charge in [0.25, 0.3) is 0 Å². The molecule has 0 spiro atoms. The van der Waals surface area contributed by atoms with Crippen molar-refractivity contribution in [3.63, 3.8) is 0 Å². The van der Waals surface area contributed by atoms with Gasteiger partial charge in [0, 0.05) is 33.8 Å². The number of hydrogen-bond donors (Lipinski definition) is 2. The van der Waals surface area contributed by atoms with Gasteiger partial charge in [0.1, 0.15) is 12.3 Å². The topological polar surface area (TPSA) is 75.2 Å². The first-order valence-corrected chi connectivity index (χ1v) is 9.97. The molecule has 1 saturated heterocycles. The molecule has 2 N–H and O–H groups in total. The number of hydrogen-bond acceptors (Lipinski definition) is 4. The smallest absolute Gasteiger partial charge is 0.243 e. The minimum absolute atomic E-state index is 0.0321. The zero-order valence-electron chi connectivity index (χ0n) is 17.6. The van der Waals surface area contributed by atoms with Crippen LogP contribution in [0.15, 0.2) is 23.2 Å². The third kappa shape index (κ3) is 7.38. The number of aliphatic imine (C=N–C) groups is 1. The number of guanidine groups is 1. The molecule has 7 heteroatoms. The van der Waals surface area contributed by atoms with E-state index in [9.17, 15) is 4.79 Å². The van der Waals surface area contributed by atoms with Crippen molar-refractivity contribution in [2.24, 2.45) is 4.99 Å². The number of rotatable bonds is 8. The molecule has 1 aliphatic rings. The molecule has 28 heavy (non-hydrogen) atoms. The van der Waals surface area contributed by atoms with Crippen LogP contribution < -0.4 is 15.4 Å². The minimum Gasteiger partial charge on any atom is -0.496 e. The molecule has 0 aromatic heterocycles. The summed E-state index contributed by atoms with van der Waals surface area (Å²) in [6.45, 7) is 4.38. The molecule has 1 atom stereocenters. The second kappa shape index (κ2) is 11.5. The van der Waals surface area contributed by atoms with Crippen LogP contribution in [0.25, 0.3) is 0 Å². The number of ether oxygens (including phenoxy) is 2. The molecule has 156 valence electrons. The number of carbonyl (C=O) groups is 1. The molecule has 0 saturated carbocycles. The Balaban J connectivity index is 1.93. The lowest BCUT2D eigenvalue weighted by Crippen LogP contribution is -2.43. The van der Waals surface area contributed by atoms with Crippen molar-refractivity contribution in [2.75, 3.05) is 47.4 Å². The Morgan fingerprint density at radius 3 is 2.82 bits per heavy atom. The molecule has 7 nitrogen and oxygen atoms in total. The summed E-state index contributed by atoms with van der Waals surface area (Å²) in [4.78, 5) is 17.9. The molecule has 1 fully saturated rings. The highest BCUT2D eigenvalue weighted by molar-refractivity contribution is 5.84. The van der Waals surface area contributed by atoms with Crippen LogP contribution in [0.1, 0.15) is 30.4 Å². The molecule has 2 rings (SSSR count). The zero-order valence-corrected chi connectivity index (χ0v) is 17.6. The van der Waals surface area contributed by atoms with E-state index < -0.39 is 0 Å². The van der Waals surface area contributed by atoms with Gasteiger partial charge in [0.15, 0.2) is 5.96 Å². The summed E-state index contributed by atoms with van der Waals surface area (Å²) < 4.78 is 11.2. The van der Waals surface area contributed by atoms with Gasteiger partial charge in [-0.15, -0.1) is 0 Å². The Kier molecular flexibility index (Phi) is 9.07. The second-order valence-corrected chi connectivity index (χ2v) is 7.31. The molecule has 1 aromatic rings. The number of nitrogens with zero attached hydrogens (tertiary/aromatic N) is 2. The van der Waals surface area contributed by atoms with Crippen LogP contribution in [0.5, 0.6) is 5.75 Å². The molecular weight excluding hydrogens is 356 g/mol. The largest absolute Gasteiger partial charge is 0.496 e. The Bertz CT molecular complexity index is 655. The fraction of sp³-hybridized carbons (Fsp3) is 0.619. The van der Waals surface area contributed by atoms with E-state index in [0.717, 1.165) is 37.2 Å². The summed E-state index contributed by atoms with van der Waals surface area (Å²) in [5, 5.41) is 6.65. The van der Waals surface area contributed by atoms with Crippen LogP contribution in [0.4, 0.5) is 0 Å². The van der Waals surface area contributed by atoms with E-state index in [0.29, 0.717) is 19.0 Å². The highest BCUT2D eigenvalue weighted by Gasteiger charge is 2.14. The van der Waals surface area contributed by atoms with E-state index in [-0.39, 0.29) is 18.6 Å². The average Bonchev–Trinajstić information content (AvgIpc) is 2.70. The summed E-state index contributed by atoms with van der Waals surface area (Å²) in [6.07, 6.45) is 4.37. The number of nitrogens with one attached hydrogen (secondary N) is 2. The third-order valence-electron chi connectivity index (χ3n) is 4.77. The molecule has 1 aromatic carbocycles. The number of benzene rings is 1. The van der Waals surface area contributed by atoms with Gasteiger partial charge in [-0.25, -0.2) is 4.99 Å². The third-order valence-corrected chi connectivity index (χ3v) is 4.77. The van der Waals surface area contributed by atoms with E-state index >= 15 is 0 Å². The SMILES string of the molecule is COc1ccc(C)cc1CCNC(=NCC(=O)N(C)C)NCC1CCCCO1. The maximum absolute atomic E-state index is 11.9. The lowest BCUT2D eigenvalue weighted by Gasteiger charge is -2.24. The fourth-order valence-electron chi connectivity index (χ4n) is 3.06. The Hall–Kier alpha value is -2.28. The Morgan fingerprint density at radius 2 is 2.14 bits per heavy atom. The standard InChI is InChI=1S/C21H34N4O3/c1-16-8-9-19(27-4)17(13-16)10-11-22-21(24-15-20(26)25(2)3)23-14-18-7-5-6-12-28-18/h8-9,13,18H,5-7,10-12,14-15H2,1-4H3,(H2,22,23,24). The van der Waals surface area contributed by atoms with E-state index in [1.807, 2.05) is 12.1 Å². The van der Waals surface area contributed by atoms with Crippen molar-refractivity contribution >= 4 is 11.9 Å². The van der Waals surface area contributed by atoms with Crippen molar-refractivity contribution < 1.29 is 14.3 Å². The number of aryl methyl sites for hydroxylation is 1. The number of carbonyl (C=O) groups excluding carboxylic acids is 1. The van der Waals surface area contributed by atoms with Crippen LogP contribution >= 0.6 is 0 Å². The zero-order chi connectivity index (χ0) is 20.4. The minimum atomic E-state index is -0.0321. The van der Waals surface area contributed by atoms with Gasteiger partial charge < -0.3 is 25.0 Å². The Morgan fingerprint density at radius 1 is 1.32 bits per heavy atom. The van der Waals surface area contributed by atoms with Gasteiger partial charge in [-0.05, 0) is 44.2 Å². The predicted octanol–water partition coefficient (Wildman–Crippen LogP) is 1.74. The van der Waals surface area contributed by atoms with E-state index in [2.05, 4.69) is 28.6 Å². The van der Waals surface area contributed by atoms with Crippen molar-refractivity contribution in [1.29, 1.82) is 0 Å². The van der Waals surface area contributed by atoms with E-state index in [1.165, 1.54) is 12.0 Å². The Labute approximate surface area is 168 Å². The first-order valence-electron chi connectivity index (χ1n) is 9.97. The van der Waals surface area contributed by atoms with Crippen molar-refractivity contribution in [1.82, 2.24) is 15.5 Å². The summed E-state index contributed by atoms with van der Waals surface area (Å²) in [5.74, 6) is 1.49. The maximum Gasteiger partial charge on any atom is 0.243 e. The summed E-state index contributed by atoms with van der Waals surface area (Å²) in [7, 11) is 5.16. The van der Waals surface area contributed by atoms with Crippen molar-refractivity contribution in [3.8, 4) is 5.75 Å². The normalized spacial score (nSPS) is 17.1. The highest BCUT2D eigenvalue weighted by Crippen LogP contribution is 2.19. The van der Waals surface area contributed by atoms with Crippen LogP contribution in [-0.2, 0) is 16.0 Å². The molecule has 0 aliphatic carbocycles. The molecule has 1 aliphatic heterocycles. The van der Waals surface area contributed by atoms with Gasteiger partial charge in [-0.1, -0.05) is 17.7 Å². The van der Waals surface area contributed by atoms with E-state index in [4.69, 9.17) is 9.47 Å². The van der Waals surface area contributed by atoms with Crippen LogP contribution in [0.2, 0.25) is 0 Å². The van der Waals surface area contributed by atoms with Gasteiger partial charge in [-0.3, -0.25) is 4.79 Å². The monoisotopic (exact) mass is 390 g/mol. The lowest BCUT2D eigenvalue weighted by atomic mass is 10.1. The number of amides is 1. The number of methoxy groups -OCH3 is 1. The van der Waals surface area contributed by atoms with Gasteiger partial charge in [-0.2, -0.15) is 0 Å².